The van der Waals surface area contributed by atoms with Crippen LogP contribution in [0.5, 0.6) is 23.0 Å². The minimum Gasteiger partial charge on any atom is -0.507 e. The van der Waals surface area contributed by atoms with Crippen molar-refractivity contribution in [2.24, 2.45) is 28.8 Å². The lowest BCUT2D eigenvalue weighted by Crippen LogP contribution is -2.46. The zero-order chi connectivity index (χ0) is 42.8. The number of esters is 1. The Bertz CT molecular complexity index is 2040. The van der Waals surface area contributed by atoms with Crippen molar-refractivity contribution in [3.63, 3.8) is 0 Å². The Hall–Kier alpha value is -5.16. The van der Waals surface area contributed by atoms with Gasteiger partial charge in [0.1, 0.15) is 23.4 Å². The Morgan fingerprint density at radius 3 is 2.28 bits per heavy atom. The zero-order valence-electron chi connectivity index (χ0n) is 34.3. The Labute approximate surface area is 337 Å². The number of hydrogen-bond donors (Lipinski definition) is 6. The van der Waals surface area contributed by atoms with E-state index in [1.54, 1.807) is 44.9 Å². The van der Waals surface area contributed by atoms with Crippen molar-refractivity contribution in [1.29, 1.82) is 0 Å². The van der Waals surface area contributed by atoms with E-state index >= 15 is 0 Å². The van der Waals surface area contributed by atoms with Crippen molar-refractivity contribution >= 4 is 40.3 Å². The molecular weight excluding hydrogens is 754 g/mol. The van der Waals surface area contributed by atoms with Crippen LogP contribution in [0.3, 0.4) is 0 Å². The number of hydrogen-bond acceptors (Lipinski definition) is 15. The van der Waals surface area contributed by atoms with Gasteiger partial charge in [-0.25, -0.2) is 0 Å². The number of phenols is 3. The highest BCUT2D eigenvalue weighted by molar-refractivity contribution is 6.23. The summed E-state index contributed by atoms with van der Waals surface area (Å²) in [6.45, 7) is 14.1. The second-order valence-corrected chi connectivity index (χ2v) is 15.4. The monoisotopic (exact) mass is 809 g/mol. The van der Waals surface area contributed by atoms with Crippen LogP contribution in [-0.2, 0) is 28.5 Å². The van der Waals surface area contributed by atoms with Gasteiger partial charge >= 0.3 is 11.8 Å². The van der Waals surface area contributed by atoms with E-state index in [9.17, 15) is 39.9 Å². The van der Waals surface area contributed by atoms with E-state index < -0.39 is 88.8 Å². The van der Waals surface area contributed by atoms with E-state index in [0.717, 1.165) is 0 Å². The first-order valence-corrected chi connectivity index (χ1v) is 19.3. The quantitative estimate of drug-likeness (QED) is 0.109. The molecule has 0 unspecified atom stereocenters. The van der Waals surface area contributed by atoms with E-state index in [0.29, 0.717) is 26.3 Å². The number of ether oxygens (including phenoxy) is 5. The number of aromatic hydroxyl groups is 3. The van der Waals surface area contributed by atoms with Gasteiger partial charge in [-0.05, 0) is 19.9 Å². The van der Waals surface area contributed by atoms with Gasteiger partial charge in [-0.3, -0.25) is 19.4 Å². The SMILES string of the molecule is CO[C@H]1C=CO[C@@]2(C)Oc3c(C)c(O)c4c(O)c(c(/C=N/N5CCOCC5)c(O)c4c3C2=O)NC(=O)/C(C)=C\C=C/[C@H](C)[C@H](O)[C@@H](C)[C@@H](O)[C@@H](C)[C@H](OC(C)=O)[C@@H]1C. The lowest BCUT2D eigenvalue weighted by Gasteiger charge is -2.38. The van der Waals surface area contributed by atoms with Gasteiger partial charge in [0.05, 0.1) is 79.3 Å². The number of amides is 1. The normalized spacial score (nSPS) is 31.5. The van der Waals surface area contributed by atoms with Crippen LogP contribution < -0.4 is 10.1 Å². The molecule has 16 heteroatoms. The van der Waals surface area contributed by atoms with Gasteiger partial charge in [0, 0.05) is 61.2 Å². The predicted octanol–water partition coefficient (Wildman–Crippen LogP) is 4.42. The van der Waals surface area contributed by atoms with E-state index in [1.165, 1.54) is 59.4 Å². The lowest BCUT2D eigenvalue weighted by atomic mass is 9.78. The molecule has 4 aliphatic rings. The summed E-state index contributed by atoms with van der Waals surface area (Å²) >= 11 is 0. The molecule has 2 aromatic carbocycles. The minimum absolute atomic E-state index is 0.0475. The number of nitrogens with one attached hydrogen (secondary N) is 1. The first kappa shape index (κ1) is 44.0. The summed E-state index contributed by atoms with van der Waals surface area (Å²) in [5, 5.41) is 66.4. The van der Waals surface area contributed by atoms with E-state index in [1.807, 2.05) is 0 Å². The summed E-state index contributed by atoms with van der Waals surface area (Å²) in [6, 6.07) is 0. The molecule has 4 heterocycles. The number of hydrazone groups is 1. The third-order valence-electron chi connectivity index (χ3n) is 11.4. The third-order valence-corrected chi connectivity index (χ3v) is 11.4. The van der Waals surface area contributed by atoms with Crippen LogP contribution in [0, 0.1) is 30.6 Å². The first-order valence-electron chi connectivity index (χ1n) is 19.3. The van der Waals surface area contributed by atoms with Crippen LogP contribution in [0.25, 0.3) is 10.8 Å². The summed E-state index contributed by atoms with van der Waals surface area (Å²) in [7, 11) is 1.43. The molecular formula is C42H55N3O13. The van der Waals surface area contributed by atoms with E-state index in [4.69, 9.17) is 23.7 Å². The second-order valence-electron chi connectivity index (χ2n) is 15.4. The number of aliphatic hydroxyl groups is 2. The van der Waals surface area contributed by atoms with Crippen LogP contribution >= 0.6 is 0 Å². The number of Topliss-reactive ketones (excluding diaryl/α,β-unsaturated/α-hetero) is 1. The fraction of sp³-hybridized carbons (Fsp3) is 0.524. The molecule has 9 atom stereocenters. The topological polar surface area (TPSA) is 226 Å². The number of fused-ring (bicyclic) bond motifs is 14. The Morgan fingerprint density at radius 2 is 1.64 bits per heavy atom. The first-order chi connectivity index (χ1) is 27.3. The maximum atomic E-state index is 14.4. The van der Waals surface area contributed by atoms with Crippen LogP contribution in [0.15, 0.2) is 41.2 Å². The number of morpholine rings is 1. The minimum atomic E-state index is -2.05. The molecule has 0 saturated carbocycles. The molecule has 6 N–H and O–H groups in total. The number of nitrogens with zero attached hydrogens (tertiary/aromatic N) is 2. The number of methoxy groups -OCH3 is 1. The van der Waals surface area contributed by atoms with Crippen molar-refractivity contribution in [3.8, 4) is 23.0 Å². The molecule has 0 aliphatic carbocycles. The molecule has 0 spiro atoms. The van der Waals surface area contributed by atoms with Crippen molar-refractivity contribution in [2.75, 3.05) is 38.7 Å². The molecule has 1 amide bonds. The predicted molar refractivity (Wildman–Crippen MR) is 214 cm³/mol. The van der Waals surface area contributed by atoms with Crippen LogP contribution in [0.2, 0.25) is 0 Å². The number of carbonyl (C=O) groups excluding carboxylic acids is 3. The van der Waals surface area contributed by atoms with Crippen molar-refractivity contribution in [1.82, 2.24) is 5.01 Å². The average molecular weight is 810 g/mol. The Kier molecular flexibility index (Phi) is 13.5. The van der Waals surface area contributed by atoms with Crippen LogP contribution in [0.1, 0.15) is 70.0 Å². The second kappa shape index (κ2) is 17.8. The van der Waals surface area contributed by atoms with Gasteiger partial charge in [0.25, 0.3) is 11.7 Å². The largest absolute Gasteiger partial charge is 0.507 e. The summed E-state index contributed by atoms with van der Waals surface area (Å²) in [4.78, 5) is 40.4. The maximum absolute atomic E-state index is 14.4. The molecule has 2 aromatic rings. The summed E-state index contributed by atoms with van der Waals surface area (Å²) in [6.07, 6.45) is 4.76. The van der Waals surface area contributed by atoms with Gasteiger partial charge in [-0.1, -0.05) is 45.9 Å². The maximum Gasteiger partial charge on any atom is 0.312 e. The Morgan fingerprint density at radius 1 is 0.966 bits per heavy atom. The number of allylic oxidation sites excluding steroid dienone is 2. The van der Waals surface area contributed by atoms with Crippen molar-refractivity contribution in [2.45, 2.75) is 85.6 Å². The molecule has 4 aliphatic heterocycles. The van der Waals surface area contributed by atoms with E-state index in [2.05, 4.69) is 10.4 Å². The molecule has 16 nitrogen and oxygen atoms in total. The van der Waals surface area contributed by atoms with Gasteiger partial charge in [-0.2, -0.15) is 5.10 Å². The fourth-order valence-electron chi connectivity index (χ4n) is 7.68. The highest BCUT2D eigenvalue weighted by atomic mass is 16.7. The highest BCUT2D eigenvalue weighted by Gasteiger charge is 2.50. The summed E-state index contributed by atoms with van der Waals surface area (Å²) in [5.74, 6) is -8.44. The lowest BCUT2D eigenvalue weighted by molar-refractivity contribution is -0.160. The Balaban J connectivity index is 1.71. The highest BCUT2D eigenvalue weighted by Crippen LogP contribution is 2.55. The van der Waals surface area contributed by atoms with Gasteiger partial charge < -0.3 is 54.5 Å². The fourth-order valence-corrected chi connectivity index (χ4v) is 7.68. The van der Waals surface area contributed by atoms with Gasteiger partial charge in [0.2, 0.25) is 0 Å². The van der Waals surface area contributed by atoms with Crippen LogP contribution in [-0.4, -0.2) is 118 Å². The van der Waals surface area contributed by atoms with Gasteiger partial charge in [0.15, 0.2) is 5.75 Å². The number of ketones is 1. The number of aliphatic hydroxyl groups excluding tert-OH is 2. The molecule has 58 heavy (non-hydrogen) atoms. The van der Waals surface area contributed by atoms with Crippen molar-refractivity contribution in [3.05, 3.63) is 52.8 Å². The number of rotatable bonds is 4. The molecule has 0 radical (unpaired) electrons. The van der Waals surface area contributed by atoms with Crippen LogP contribution in [0.4, 0.5) is 5.69 Å². The van der Waals surface area contributed by atoms with Crippen molar-refractivity contribution < 1.29 is 63.6 Å². The number of benzene rings is 2. The number of carbonyl (C=O) groups is 3. The molecule has 6 rings (SSSR count). The zero-order valence-corrected chi connectivity index (χ0v) is 34.3. The summed E-state index contributed by atoms with van der Waals surface area (Å²) in [5.41, 5.74) is -0.426. The summed E-state index contributed by atoms with van der Waals surface area (Å²) < 4.78 is 29.0. The standard InChI is InChI=1S/C42H55N3O13/c1-20-11-10-12-21(2)41(53)44-32-27(19-43-45-14-17-55-18-15-45)36(50)29-30(37(32)51)35(49)25(6)39-31(29)40(52)42(8,58-39)56-16-13-28(54-9)22(3)38(57-26(7)46)24(5)34(48)23(4)33(20)47/h10-13,16,19-20,22-24,28,33-34,38,47-51H,14-15,17-18H2,1-9H3,(H,44,53)/b11-10-,16-13?,21-12-,43-19+/t20-,22+,23+,24+,28-,33-,34+,38+,42-/m0/s1. The molecule has 0 aromatic heterocycles. The molecule has 1 saturated heterocycles. The smallest absolute Gasteiger partial charge is 0.312 e. The molecule has 1 fully saturated rings. The van der Waals surface area contributed by atoms with E-state index in [-0.39, 0.29) is 44.5 Å². The molecule has 316 valence electrons. The average Bonchev–Trinajstić information content (AvgIpc) is 3.46. The number of anilines is 1. The third kappa shape index (κ3) is 8.51. The number of phenolic OH excluding ortho intramolecular Hbond substituents is 3. The molecule has 5 bridgehead atoms. The van der Waals surface area contributed by atoms with Gasteiger partial charge in [-0.15, -0.1) is 0 Å².